The highest BCUT2D eigenvalue weighted by Gasteiger charge is 2.15. The van der Waals surface area contributed by atoms with Crippen molar-refractivity contribution in [3.63, 3.8) is 0 Å². The van der Waals surface area contributed by atoms with Gasteiger partial charge in [-0.15, -0.1) is 11.3 Å². The number of carbonyl (C=O) groups is 2. The Hall–Kier alpha value is -2.34. The van der Waals surface area contributed by atoms with Gasteiger partial charge in [0.05, 0.1) is 5.56 Å². The third-order valence-corrected chi connectivity index (χ3v) is 4.01. The van der Waals surface area contributed by atoms with Crippen molar-refractivity contribution in [3.05, 3.63) is 46.8 Å². The summed E-state index contributed by atoms with van der Waals surface area (Å²) in [4.78, 5) is 23.3. The van der Waals surface area contributed by atoms with Crippen molar-refractivity contribution in [2.75, 3.05) is 11.1 Å². The highest BCUT2D eigenvalue weighted by Crippen LogP contribution is 2.25. The van der Waals surface area contributed by atoms with E-state index in [9.17, 15) is 9.59 Å². The molecule has 2 amide bonds. The van der Waals surface area contributed by atoms with Crippen molar-refractivity contribution in [2.24, 2.45) is 5.73 Å². The van der Waals surface area contributed by atoms with Crippen LogP contribution in [0.25, 0.3) is 0 Å². The van der Waals surface area contributed by atoms with Crippen molar-refractivity contribution >= 4 is 33.8 Å². The Bertz CT molecular complexity index is 649. The minimum absolute atomic E-state index is 0.0580. The molecule has 5 nitrogen and oxygen atoms in total. The number of amides is 2. The second-order valence-corrected chi connectivity index (χ2v) is 5.76. The molecule has 0 aliphatic rings. The van der Waals surface area contributed by atoms with E-state index in [-0.39, 0.29) is 11.8 Å². The van der Waals surface area contributed by atoms with E-state index in [1.165, 1.54) is 11.3 Å². The minimum Gasteiger partial charge on any atom is -0.399 e. The first-order valence-corrected chi connectivity index (χ1v) is 7.38. The molecule has 0 fully saturated rings. The Morgan fingerprint density at radius 2 is 1.90 bits per heavy atom. The lowest BCUT2D eigenvalue weighted by molar-refractivity contribution is -0.116. The highest BCUT2D eigenvalue weighted by atomic mass is 32.1. The third-order valence-electron chi connectivity index (χ3n) is 3.18. The zero-order chi connectivity index (χ0) is 15.4. The number of nitrogen functional groups attached to an aromatic ring is 1. The fourth-order valence-corrected chi connectivity index (χ4v) is 2.81. The molecule has 0 aliphatic heterocycles. The molecule has 110 valence electrons. The van der Waals surface area contributed by atoms with Crippen molar-refractivity contribution in [1.82, 2.24) is 0 Å². The fourth-order valence-electron chi connectivity index (χ4n) is 2.00. The van der Waals surface area contributed by atoms with Gasteiger partial charge >= 0.3 is 0 Å². The van der Waals surface area contributed by atoms with Gasteiger partial charge in [-0.3, -0.25) is 9.59 Å². The molecular weight excluding hydrogens is 286 g/mol. The number of benzene rings is 1. The Balaban J connectivity index is 1.99. The van der Waals surface area contributed by atoms with Crippen LogP contribution in [-0.4, -0.2) is 11.8 Å². The van der Waals surface area contributed by atoms with E-state index in [0.717, 1.165) is 5.56 Å². The van der Waals surface area contributed by atoms with E-state index in [1.807, 2.05) is 31.2 Å². The minimum atomic E-state index is -0.543. The predicted octanol–water partition coefficient (Wildman–Crippen LogP) is 2.56. The second-order valence-electron chi connectivity index (χ2n) is 4.85. The summed E-state index contributed by atoms with van der Waals surface area (Å²) in [6, 6.07) is 9.05. The van der Waals surface area contributed by atoms with Crippen LogP contribution in [0, 0.1) is 0 Å². The van der Waals surface area contributed by atoms with Gasteiger partial charge in [-0.2, -0.15) is 0 Å². The second kappa shape index (κ2) is 6.41. The van der Waals surface area contributed by atoms with E-state index in [0.29, 0.717) is 22.7 Å². The monoisotopic (exact) mass is 303 g/mol. The van der Waals surface area contributed by atoms with Crippen LogP contribution >= 0.6 is 11.3 Å². The number of nitrogens with one attached hydrogen (secondary N) is 1. The molecule has 0 saturated heterocycles. The maximum atomic E-state index is 12.1. The molecule has 1 atom stereocenters. The highest BCUT2D eigenvalue weighted by molar-refractivity contribution is 7.14. The molecule has 2 aromatic rings. The number of primary amides is 1. The van der Waals surface area contributed by atoms with E-state index in [1.54, 1.807) is 11.4 Å². The van der Waals surface area contributed by atoms with E-state index < -0.39 is 5.91 Å². The Labute approximate surface area is 127 Å². The molecule has 1 heterocycles. The standard InChI is InChI=1S/C15H17N3O2S/c1-9(10-2-4-11(16)5-3-10)8-13(19)18-15-12(14(17)20)6-7-21-15/h2-7,9H,8,16H2,1H3,(H2,17,20)(H,18,19). The van der Waals surface area contributed by atoms with Crippen LogP contribution < -0.4 is 16.8 Å². The lowest BCUT2D eigenvalue weighted by Crippen LogP contribution is -2.17. The number of anilines is 2. The number of hydrogen-bond acceptors (Lipinski definition) is 4. The molecule has 0 bridgehead atoms. The van der Waals surface area contributed by atoms with Crippen molar-refractivity contribution in [3.8, 4) is 0 Å². The van der Waals surface area contributed by atoms with Crippen LogP contribution in [0.5, 0.6) is 0 Å². The third kappa shape index (κ3) is 3.82. The van der Waals surface area contributed by atoms with Crippen molar-refractivity contribution < 1.29 is 9.59 Å². The van der Waals surface area contributed by atoms with Gasteiger partial charge in [0.1, 0.15) is 5.00 Å². The topological polar surface area (TPSA) is 98.2 Å². The van der Waals surface area contributed by atoms with Gasteiger partial charge in [-0.1, -0.05) is 19.1 Å². The maximum Gasteiger partial charge on any atom is 0.251 e. The van der Waals surface area contributed by atoms with Gasteiger partial charge < -0.3 is 16.8 Å². The summed E-state index contributed by atoms with van der Waals surface area (Å²) in [5.41, 5.74) is 13.0. The lowest BCUT2D eigenvalue weighted by atomic mass is 9.97. The first-order chi connectivity index (χ1) is 9.97. The molecule has 0 saturated carbocycles. The van der Waals surface area contributed by atoms with E-state index >= 15 is 0 Å². The van der Waals surface area contributed by atoms with Crippen LogP contribution in [0.2, 0.25) is 0 Å². The molecule has 0 radical (unpaired) electrons. The number of carbonyl (C=O) groups excluding carboxylic acids is 2. The van der Waals surface area contributed by atoms with Crippen LogP contribution in [0.4, 0.5) is 10.7 Å². The van der Waals surface area contributed by atoms with Gasteiger partial charge in [0, 0.05) is 12.1 Å². The molecule has 1 unspecified atom stereocenters. The maximum absolute atomic E-state index is 12.1. The summed E-state index contributed by atoms with van der Waals surface area (Å²) in [5, 5.41) is 4.96. The smallest absolute Gasteiger partial charge is 0.251 e. The number of rotatable bonds is 5. The lowest BCUT2D eigenvalue weighted by Gasteiger charge is -2.12. The quantitative estimate of drug-likeness (QED) is 0.740. The largest absolute Gasteiger partial charge is 0.399 e. The first-order valence-electron chi connectivity index (χ1n) is 6.50. The Morgan fingerprint density at radius 1 is 1.24 bits per heavy atom. The molecule has 1 aromatic heterocycles. The fraction of sp³-hybridized carbons (Fsp3) is 0.200. The summed E-state index contributed by atoms with van der Waals surface area (Å²) >= 11 is 1.28. The average molecular weight is 303 g/mol. The summed E-state index contributed by atoms with van der Waals surface area (Å²) in [5.74, 6) is -0.634. The summed E-state index contributed by atoms with van der Waals surface area (Å²) in [7, 11) is 0. The summed E-state index contributed by atoms with van der Waals surface area (Å²) in [6.07, 6.45) is 0.319. The molecule has 1 aromatic carbocycles. The normalized spacial score (nSPS) is 11.9. The molecule has 0 spiro atoms. The zero-order valence-corrected chi connectivity index (χ0v) is 12.4. The van der Waals surface area contributed by atoms with Crippen molar-refractivity contribution in [2.45, 2.75) is 19.3 Å². The zero-order valence-electron chi connectivity index (χ0n) is 11.6. The molecule has 5 N–H and O–H groups in total. The molecule has 0 aliphatic carbocycles. The average Bonchev–Trinajstić information content (AvgIpc) is 2.87. The van der Waals surface area contributed by atoms with Crippen LogP contribution in [0.15, 0.2) is 35.7 Å². The predicted molar refractivity (Wildman–Crippen MR) is 85.4 cm³/mol. The number of hydrogen-bond donors (Lipinski definition) is 3. The van der Waals surface area contributed by atoms with E-state index in [4.69, 9.17) is 11.5 Å². The van der Waals surface area contributed by atoms with Crippen LogP contribution in [0.1, 0.15) is 35.2 Å². The van der Waals surface area contributed by atoms with Gasteiger partial charge in [0.2, 0.25) is 5.91 Å². The summed E-state index contributed by atoms with van der Waals surface area (Å²) < 4.78 is 0. The molecular formula is C15H17N3O2S. The Morgan fingerprint density at radius 3 is 2.52 bits per heavy atom. The molecule has 6 heteroatoms. The molecule has 21 heavy (non-hydrogen) atoms. The van der Waals surface area contributed by atoms with Crippen LogP contribution in [0.3, 0.4) is 0 Å². The van der Waals surface area contributed by atoms with Gasteiger partial charge in [-0.25, -0.2) is 0 Å². The summed E-state index contributed by atoms with van der Waals surface area (Å²) in [6.45, 7) is 1.97. The SMILES string of the molecule is CC(CC(=O)Nc1sccc1C(N)=O)c1ccc(N)cc1. The number of nitrogens with two attached hydrogens (primary N) is 2. The van der Waals surface area contributed by atoms with Crippen molar-refractivity contribution in [1.29, 1.82) is 0 Å². The first kappa shape index (κ1) is 15.1. The van der Waals surface area contributed by atoms with Gasteiger partial charge in [0.15, 0.2) is 0 Å². The van der Waals surface area contributed by atoms with Gasteiger partial charge in [0.25, 0.3) is 5.91 Å². The van der Waals surface area contributed by atoms with Crippen LogP contribution in [-0.2, 0) is 4.79 Å². The van der Waals surface area contributed by atoms with E-state index in [2.05, 4.69) is 5.32 Å². The van der Waals surface area contributed by atoms with Gasteiger partial charge in [-0.05, 0) is 35.1 Å². The Kier molecular flexibility index (Phi) is 4.59. The molecule has 2 rings (SSSR count). The number of thiophene rings is 1.